The quantitative estimate of drug-likeness (QED) is 0.766. The smallest absolute Gasteiger partial charge is 0.328 e. The first-order valence-corrected chi connectivity index (χ1v) is 4.55. The zero-order valence-electron chi connectivity index (χ0n) is 7.66. The van der Waals surface area contributed by atoms with Crippen molar-refractivity contribution in [3.63, 3.8) is 0 Å². The van der Waals surface area contributed by atoms with Gasteiger partial charge in [0.15, 0.2) is 0 Å². The fourth-order valence-corrected chi connectivity index (χ4v) is 1.42. The number of carbonyl (C=O) groups is 1. The number of aryl methyl sites for hydroxylation is 1. The molecule has 0 amide bonds. The molecule has 6 heteroatoms. The van der Waals surface area contributed by atoms with Crippen molar-refractivity contribution in [3.8, 4) is 0 Å². The molecular formula is C7H11N3O2S. The summed E-state index contributed by atoms with van der Waals surface area (Å²) in [7, 11) is 0. The summed E-state index contributed by atoms with van der Waals surface area (Å²) in [4.78, 5) is 10.7. The first-order valence-electron chi connectivity index (χ1n) is 3.73. The summed E-state index contributed by atoms with van der Waals surface area (Å²) < 4.78 is 0. The van der Waals surface area contributed by atoms with E-state index in [1.54, 1.807) is 13.8 Å². The van der Waals surface area contributed by atoms with Gasteiger partial charge in [-0.05, 0) is 20.8 Å². The lowest BCUT2D eigenvalue weighted by Gasteiger charge is -2.19. The summed E-state index contributed by atoms with van der Waals surface area (Å²) in [5.41, 5.74) is -1.01. The predicted octanol–water partition coefficient (Wildman–Crippen LogP) is 1.12. The second-order valence-corrected chi connectivity index (χ2v) is 4.36. The average Bonchev–Trinajstić information content (AvgIpc) is 2.34. The number of aromatic nitrogens is 2. The fourth-order valence-electron chi connectivity index (χ4n) is 0.668. The number of aliphatic carboxylic acids is 1. The number of anilines is 1. The molecular weight excluding hydrogens is 190 g/mol. The topological polar surface area (TPSA) is 75.1 Å². The zero-order valence-corrected chi connectivity index (χ0v) is 8.47. The van der Waals surface area contributed by atoms with Gasteiger partial charge >= 0.3 is 5.97 Å². The molecule has 13 heavy (non-hydrogen) atoms. The van der Waals surface area contributed by atoms with Gasteiger partial charge in [0.05, 0.1) is 0 Å². The van der Waals surface area contributed by atoms with Crippen LogP contribution in [0.15, 0.2) is 0 Å². The molecule has 0 spiro atoms. The van der Waals surface area contributed by atoms with E-state index in [9.17, 15) is 4.79 Å². The van der Waals surface area contributed by atoms with Crippen LogP contribution < -0.4 is 5.32 Å². The highest BCUT2D eigenvalue weighted by atomic mass is 32.1. The maximum atomic E-state index is 10.7. The second-order valence-electron chi connectivity index (χ2n) is 3.18. The van der Waals surface area contributed by atoms with Gasteiger partial charge in [0.1, 0.15) is 10.5 Å². The number of hydrogen-bond donors (Lipinski definition) is 2. The number of nitrogens with one attached hydrogen (secondary N) is 1. The van der Waals surface area contributed by atoms with Crippen LogP contribution in [0.4, 0.5) is 5.13 Å². The van der Waals surface area contributed by atoms with E-state index in [0.717, 1.165) is 5.01 Å². The van der Waals surface area contributed by atoms with Crippen molar-refractivity contribution in [1.29, 1.82) is 0 Å². The molecule has 0 fully saturated rings. The highest BCUT2D eigenvalue weighted by molar-refractivity contribution is 7.15. The molecule has 5 nitrogen and oxygen atoms in total. The number of hydrogen-bond acceptors (Lipinski definition) is 5. The van der Waals surface area contributed by atoms with E-state index in [-0.39, 0.29) is 0 Å². The molecule has 0 saturated carbocycles. The molecule has 72 valence electrons. The maximum absolute atomic E-state index is 10.7. The van der Waals surface area contributed by atoms with Gasteiger partial charge in [-0.3, -0.25) is 0 Å². The monoisotopic (exact) mass is 201 g/mol. The van der Waals surface area contributed by atoms with Crippen molar-refractivity contribution in [2.24, 2.45) is 0 Å². The van der Waals surface area contributed by atoms with Crippen LogP contribution in [0.25, 0.3) is 0 Å². The standard InChI is InChI=1S/C7H11N3O2S/c1-4-9-10-6(13-4)8-7(2,3)5(11)12/h1-3H3,(H,8,10)(H,11,12). The minimum atomic E-state index is -1.01. The Morgan fingerprint density at radius 3 is 2.54 bits per heavy atom. The average molecular weight is 201 g/mol. The van der Waals surface area contributed by atoms with Gasteiger partial charge in [-0.25, -0.2) is 4.79 Å². The molecule has 0 aromatic carbocycles. The third-order valence-electron chi connectivity index (χ3n) is 1.48. The molecule has 0 saturated heterocycles. The minimum Gasteiger partial charge on any atom is -0.480 e. The first kappa shape index (κ1) is 9.91. The molecule has 1 aromatic heterocycles. The lowest BCUT2D eigenvalue weighted by atomic mass is 10.1. The number of nitrogens with zero attached hydrogens (tertiary/aromatic N) is 2. The van der Waals surface area contributed by atoms with E-state index in [0.29, 0.717) is 5.13 Å². The van der Waals surface area contributed by atoms with Crippen molar-refractivity contribution in [1.82, 2.24) is 10.2 Å². The van der Waals surface area contributed by atoms with E-state index in [2.05, 4.69) is 15.5 Å². The van der Waals surface area contributed by atoms with Gasteiger partial charge < -0.3 is 10.4 Å². The third kappa shape index (κ3) is 2.38. The molecule has 0 bridgehead atoms. The SMILES string of the molecule is Cc1nnc(NC(C)(C)C(=O)O)s1. The summed E-state index contributed by atoms with van der Waals surface area (Å²) in [5, 5.41) is 20.5. The Kier molecular flexibility index (Phi) is 2.51. The van der Waals surface area contributed by atoms with Gasteiger partial charge in [-0.2, -0.15) is 0 Å². The van der Waals surface area contributed by atoms with E-state index in [1.165, 1.54) is 11.3 Å². The van der Waals surface area contributed by atoms with Crippen molar-refractivity contribution in [3.05, 3.63) is 5.01 Å². The predicted molar refractivity (Wildman–Crippen MR) is 50.0 cm³/mol. The molecule has 0 aliphatic carbocycles. The number of carboxylic acids is 1. The third-order valence-corrected chi connectivity index (χ3v) is 2.23. The Balaban J connectivity index is 2.74. The van der Waals surface area contributed by atoms with E-state index in [4.69, 9.17) is 5.11 Å². The molecule has 1 heterocycles. The van der Waals surface area contributed by atoms with Crippen LogP contribution in [0, 0.1) is 6.92 Å². The maximum Gasteiger partial charge on any atom is 0.328 e. The van der Waals surface area contributed by atoms with Gasteiger partial charge in [0, 0.05) is 0 Å². The van der Waals surface area contributed by atoms with E-state index >= 15 is 0 Å². The van der Waals surface area contributed by atoms with Gasteiger partial charge in [0.25, 0.3) is 0 Å². The Bertz CT molecular complexity index is 321. The van der Waals surface area contributed by atoms with Crippen LogP contribution in [-0.2, 0) is 4.79 Å². The molecule has 2 N–H and O–H groups in total. The van der Waals surface area contributed by atoms with Crippen LogP contribution in [0.3, 0.4) is 0 Å². The Hall–Kier alpha value is -1.17. The van der Waals surface area contributed by atoms with E-state index < -0.39 is 11.5 Å². The second kappa shape index (κ2) is 3.29. The molecule has 0 unspecified atom stereocenters. The molecule has 0 radical (unpaired) electrons. The Morgan fingerprint density at radius 1 is 1.54 bits per heavy atom. The number of rotatable bonds is 3. The molecule has 0 atom stereocenters. The molecule has 0 aliphatic heterocycles. The summed E-state index contributed by atoms with van der Waals surface area (Å²) in [6.07, 6.45) is 0. The van der Waals surface area contributed by atoms with Crippen molar-refractivity contribution in [2.45, 2.75) is 26.3 Å². The van der Waals surface area contributed by atoms with Crippen LogP contribution in [0.2, 0.25) is 0 Å². The van der Waals surface area contributed by atoms with E-state index in [1.807, 2.05) is 6.92 Å². The van der Waals surface area contributed by atoms with Crippen LogP contribution in [0.1, 0.15) is 18.9 Å². The largest absolute Gasteiger partial charge is 0.480 e. The normalized spacial score (nSPS) is 11.3. The van der Waals surface area contributed by atoms with Gasteiger partial charge in [-0.15, -0.1) is 10.2 Å². The fraction of sp³-hybridized carbons (Fsp3) is 0.571. The lowest BCUT2D eigenvalue weighted by Crippen LogP contribution is -2.39. The molecule has 1 aromatic rings. The minimum absolute atomic E-state index is 0.532. The highest BCUT2D eigenvalue weighted by Crippen LogP contribution is 2.18. The number of carboxylic acid groups (broad SMARTS) is 1. The summed E-state index contributed by atoms with van der Waals surface area (Å²) in [6, 6.07) is 0. The molecule has 0 aliphatic rings. The van der Waals surface area contributed by atoms with Crippen LogP contribution in [0.5, 0.6) is 0 Å². The van der Waals surface area contributed by atoms with Gasteiger partial charge in [-0.1, -0.05) is 11.3 Å². The van der Waals surface area contributed by atoms with Crippen LogP contribution in [-0.4, -0.2) is 26.8 Å². The lowest BCUT2D eigenvalue weighted by molar-refractivity contribution is -0.141. The summed E-state index contributed by atoms with van der Waals surface area (Å²) >= 11 is 1.34. The Labute approximate surface area is 79.8 Å². The Morgan fingerprint density at radius 2 is 2.15 bits per heavy atom. The van der Waals surface area contributed by atoms with Crippen LogP contribution >= 0.6 is 11.3 Å². The van der Waals surface area contributed by atoms with Crippen molar-refractivity contribution < 1.29 is 9.90 Å². The summed E-state index contributed by atoms with van der Waals surface area (Å²) in [6.45, 7) is 4.97. The first-order chi connectivity index (χ1) is 5.92. The summed E-state index contributed by atoms with van der Waals surface area (Å²) in [5.74, 6) is -0.916. The van der Waals surface area contributed by atoms with Crippen molar-refractivity contribution >= 4 is 22.4 Å². The highest BCUT2D eigenvalue weighted by Gasteiger charge is 2.27. The molecule has 1 rings (SSSR count). The van der Waals surface area contributed by atoms with Gasteiger partial charge in [0.2, 0.25) is 5.13 Å². The zero-order chi connectivity index (χ0) is 10.1. The van der Waals surface area contributed by atoms with Crippen molar-refractivity contribution in [2.75, 3.05) is 5.32 Å².